The fraction of sp³-hybridized carbons (Fsp3) is 0.261. The van der Waals surface area contributed by atoms with Gasteiger partial charge in [-0.15, -0.1) is 5.10 Å². The molecule has 0 radical (unpaired) electrons. The largest absolute Gasteiger partial charge is 0.355 e. The maximum Gasteiger partial charge on any atom is 0.274 e. The molecule has 0 atom stereocenters. The summed E-state index contributed by atoms with van der Waals surface area (Å²) in [5.74, 6) is -0.619. The van der Waals surface area contributed by atoms with Gasteiger partial charge in [0.25, 0.3) is 17.4 Å². The summed E-state index contributed by atoms with van der Waals surface area (Å²) in [6.07, 6.45) is 4.39. The molecule has 0 aliphatic carbocycles. The third-order valence-electron chi connectivity index (χ3n) is 5.49. The van der Waals surface area contributed by atoms with E-state index in [0.29, 0.717) is 38.0 Å². The standard InChI is InChI=1S/C23H23N5O3/c1-24-21(29)20-18-10-13-27(22(30)19-8-5-11-25-26-19)14-17(18)15-28(23(20)31)12-9-16-6-3-2-4-7-16/h2-8,11,15H,9-10,12-14H2,1H3,(H,24,29). The Morgan fingerprint density at radius 1 is 1.13 bits per heavy atom. The lowest BCUT2D eigenvalue weighted by atomic mass is 9.95. The molecule has 1 aliphatic heterocycles. The van der Waals surface area contributed by atoms with Gasteiger partial charge in [-0.3, -0.25) is 14.4 Å². The van der Waals surface area contributed by atoms with Crippen molar-refractivity contribution in [2.45, 2.75) is 25.9 Å². The highest BCUT2D eigenvalue weighted by atomic mass is 16.2. The Kier molecular flexibility index (Phi) is 5.88. The van der Waals surface area contributed by atoms with E-state index in [2.05, 4.69) is 15.5 Å². The third kappa shape index (κ3) is 4.23. The van der Waals surface area contributed by atoms with Crippen LogP contribution in [0, 0.1) is 0 Å². The normalized spacial score (nSPS) is 12.9. The number of benzene rings is 1. The van der Waals surface area contributed by atoms with Gasteiger partial charge in [-0.25, -0.2) is 0 Å². The van der Waals surface area contributed by atoms with Crippen molar-refractivity contribution < 1.29 is 9.59 Å². The average molecular weight is 417 g/mol. The quantitative estimate of drug-likeness (QED) is 0.678. The molecule has 1 aliphatic rings. The average Bonchev–Trinajstić information content (AvgIpc) is 2.82. The van der Waals surface area contributed by atoms with Crippen molar-refractivity contribution in [3.63, 3.8) is 0 Å². The van der Waals surface area contributed by atoms with Gasteiger partial charge in [-0.1, -0.05) is 30.3 Å². The summed E-state index contributed by atoms with van der Waals surface area (Å²) < 4.78 is 1.58. The van der Waals surface area contributed by atoms with Gasteiger partial charge in [0.15, 0.2) is 5.69 Å². The molecule has 3 aromatic rings. The van der Waals surface area contributed by atoms with E-state index in [4.69, 9.17) is 0 Å². The van der Waals surface area contributed by atoms with E-state index in [1.54, 1.807) is 27.8 Å². The maximum atomic E-state index is 13.1. The number of nitrogens with zero attached hydrogens (tertiary/aromatic N) is 4. The molecule has 1 aromatic carbocycles. The maximum absolute atomic E-state index is 13.1. The second kappa shape index (κ2) is 8.91. The van der Waals surface area contributed by atoms with Crippen LogP contribution in [-0.4, -0.2) is 45.1 Å². The Morgan fingerprint density at radius 2 is 1.94 bits per heavy atom. The van der Waals surface area contributed by atoms with E-state index < -0.39 is 5.91 Å². The first-order valence-electron chi connectivity index (χ1n) is 10.2. The van der Waals surface area contributed by atoms with Crippen molar-refractivity contribution in [1.29, 1.82) is 0 Å². The summed E-state index contributed by atoms with van der Waals surface area (Å²) in [6, 6.07) is 13.2. The van der Waals surface area contributed by atoms with E-state index >= 15 is 0 Å². The number of hydrogen-bond acceptors (Lipinski definition) is 5. The summed E-state index contributed by atoms with van der Waals surface area (Å²) in [7, 11) is 1.52. The van der Waals surface area contributed by atoms with Crippen molar-refractivity contribution >= 4 is 11.8 Å². The van der Waals surface area contributed by atoms with Gasteiger partial charge in [0.2, 0.25) is 0 Å². The molecule has 4 rings (SSSR count). The van der Waals surface area contributed by atoms with Crippen LogP contribution in [0.5, 0.6) is 0 Å². The zero-order valence-corrected chi connectivity index (χ0v) is 17.2. The van der Waals surface area contributed by atoms with Crippen molar-refractivity contribution in [1.82, 2.24) is 25.0 Å². The number of pyridine rings is 1. The molecular formula is C23H23N5O3. The van der Waals surface area contributed by atoms with Crippen molar-refractivity contribution in [3.05, 3.63) is 93.2 Å². The number of fused-ring (bicyclic) bond motifs is 1. The molecule has 0 unspecified atom stereocenters. The Hall–Kier alpha value is -3.81. The topological polar surface area (TPSA) is 97.2 Å². The number of amides is 2. The molecule has 2 aromatic heterocycles. The third-order valence-corrected chi connectivity index (χ3v) is 5.49. The minimum Gasteiger partial charge on any atom is -0.355 e. The zero-order valence-electron chi connectivity index (χ0n) is 17.2. The van der Waals surface area contributed by atoms with Gasteiger partial charge in [0.1, 0.15) is 5.56 Å². The molecule has 3 heterocycles. The first kappa shape index (κ1) is 20.5. The highest BCUT2D eigenvalue weighted by Crippen LogP contribution is 2.22. The number of aromatic nitrogens is 3. The molecule has 0 fully saturated rings. The monoisotopic (exact) mass is 417 g/mol. The fourth-order valence-electron chi connectivity index (χ4n) is 3.88. The van der Waals surface area contributed by atoms with E-state index in [1.165, 1.54) is 13.2 Å². The molecule has 0 saturated heterocycles. The van der Waals surface area contributed by atoms with E-state index in [0.717, 1.165) is 11.1 Å². The minimum atomic E-state index is -0.399. The van der Waals surface area contributed by atoms with Crippen molar-refractivity contribution in [3.8, 4) is 0 Å². The molecule has 2 amide bonds. The summed E-state index contributed by atoms with van der Waals surface area (Å²) in [4.78, 5) is 40.1. The molecule has 31 heavy (non-hydrogen) atoms. The molecule has 1 N–H and O–H groups in total. The van der Waals surface area contributed by atoms with Gasteiger partial charge in [-0.2, -0.15) is 5.10 Å². The van der Waals surface area contributed by atoms with Crippen LogP contribution >= 0.6 is 0 Å². The molecule has 8 heteroatoms. The van der Waals surface area contributed by atoms with Gasteiger partial charge >= 0.3 is 0 Å². The molecule has 158 valence electrons. The summed E-state index contributed by atoms with van der Waals surface area (Å²) in [5.41, 5.74) is 2.75. The number of nitrogens with one attached hydrogen (secondary N) is 1. The Bertz CT molecular complexity index is 1160. The van der Waals surface area contributed by atoms with Gasteiger partial charge in [-0.05, 0) is 41.7 Å². The van der Waals surface area contributed by atoms with Crippen LogP contribution in [0.3, 0.4) is 0 Å². The molecule has 0 saturated carbocycles. The van der Waals surface area contributed by atoms with Gasteiger partial charge < -0.3 is 14.8 Å². The van der Waals surface area contributed by atoms with Gasteiger partial charge in [0, 0.05) is 39.1 Å². The van der Waals surface area contributed by atoms with Gasteiger partial charge in [0.05, 0.1) is 0 Å². The second-order valence-corrected chi connectivity index (χ2v) is 7.41. The Balaban J connectivity index is 1.67. The van der Waals surface area contributed by atoms with Crippen LogP contribution in [0.1, 0.15) is 37.5 Å². The molecule has 0 bridgehead atoms. The summed E-state index contributed by atoms with van der Waals surface area (Å²) in [5, 5.41) is 10.3. The minimum absolute atomic E-state index is 0.166. The van der Waals surface area contributed by atoms with Crippen LogP contribution < -0.4 is 10.9 Å². The smallest absolute Gasteiger partial charge is 0.274 e. The number of hydrogen-bond donors (Lipinski definition) is 1. The molecule has 0 spiro atoms. The summed E-state index contributed by atoms with van der Waals surface area (Å²) in [6.45, 7) is 1.15. The van der Waals surface area contributed by atoms with Crippen LogP contribution in [-0.2, 0) is 25.9 Å². The number of carbonyl (C=O) groups is 2. The Morgan fingerprint density at radius 3 is 2.65 bits per heavy atom. The number of aryl methyl sites for hydroxylation is 2. The van der Waals surface area contributed by atoms with Crippen LogP contribution in [0.15, 0.2) is 59.7 Å². The predicted octanol–water partition coefficient (Wildman–Crippen LogP) is 1.44. The first-order valence-corrected chi connectivity index (χ1v) is 10.2. The lowest BCUT2D eigenvalue weighted by Gasteiger charge is -2.30. The number of carbonyl (C=O) groups excluding carboxylic acids is 2. The SMILES string of the molecule is CNC(=O)c1c2c(cn(CCc3ccccc3)c1=O)CN(C(=O)c1cccnn1)CC2. The van der Waals surface area contributed by atoms with Crippen molar-refractivity contribution in [2.24, 2.45) is 0 Å². The zero-order chi connectivity index (χ0) is 21.8. The highest BCUT2D eigenvalue weighted by Gasteiger charge is 2.28. The van der Waals surface area contributed by atoms with Crippen LogP contribution in [0.25, 0.3) is 0 Å². The second-order valence-electron chi connectivity index (χ2n) is 7.41. The van der Waals surface area contributed by atoms with Crippen molar-refractivity contribution in [2.75, 3.05) is 13.6 Å². The first-order chi connectivity index (χ1) is 15.1. The lowest BCUT2D eigenvalue weighted by Crippen LogP contribution is -2.41. The predicted molar refractivity (Wildman–Crippen MR) is 115 cm³/mol. The van der Waals surface area contributed by atoms with E-state index in [-0.39, 0.29) is 22.7 Å². The van der Waals surface area contributed by atoms with Crippen LogP contribution in [0.4, 0.5) is 0 Å². The fourth-order valence-corrected chi connectivity index (χ4v) is 3.88. The summed E-state index contributed by atoms with van der Waals surface area (Å²) >= 11 is 0. The highest BCUT2D eigenvalue weighted by molar-refractivity contribution is 5.96. The molecular weight excluding hydrogens is 394 g/mol. The molecule has 8 nitrogen and oxygen atoms in total. The van der Waals surface area contributed by atoms with E-state index in [9.17, 15) is 14.4 Å². The lowest BCUT2D eigenvalue weighted by molar-refractivity contribution is 0.0726. The Labute approximate surface area is 179 Å². The number of rotatable bonds is 5. The van der Waals surface area contributed by atoms with E-state index in [1.807, 2.05) is 30.3 Å². The van der Waals surface area contributed by atoms with Crippen LogP contribution in [0.2, 0.25) is 0 Å².